The van der Waals surface area contributed by atoms with E-state index in [9.17, 15) is 10.1 Å². The van der Waals surface area contributed by atoms with Crippen molar-refractivity contribution < 1.29 is 9.53 Å². The quantitative estimate of drug-likeness (QED) is 0.522. The fourth-order valence-corrected chi connectivity index (χ4v) is 5.06. The second-order valence-electron chi connectivity index (χ2n) is 9.20. The molecule has 0 unspecified atom stereocenters. The topological polar surface area (TPSA) is 111 Å². The van der Waals surface area contributed by atoms with Gasteiger partial charge < -0.3 is 15.0 Å². The van der Waals surface area contributed by atoms with E-state index in [1.165, 1.54) is 0 Å². The molecule has 0 saturated carbocycles. The Bertz CT molecular complexity index is 1290. The van der Waals surface area contributed by atoms with Gasteiger partial charge in [0.15, 0.2) is 5.82 Å². The molecular formula is C26H29ClN8O2. The van der Waals surface area contributed by atoms with Crippen molar-refractivity contribution in [1.29, 1.82) is 5.26 Å². The largest absolute Gasteiger partial charge is 0.379 e. The van der Waals surface area contributed by atoms with Crippen LogP contribution in [0.1, 0.15) is 24.1 Å². The average Bonchev–Trinajstić information content (AvgIpc) is 3.29. The number of urea groups is 1. The Labute approximate surface area is 220 Å². The van der Waals surface area contributed by atoms with Gasteiger partial charge >= 0.3 is 6.03 Å². The second-order valence-corrected chi connectivity index (χ2v) is 9.64. The molecule has 0 aliphatic carbocycles. The Balaban J connectivity index is 1.20. The first-order chi connectivity index (χ1) is 18.0. The smallest absolute Gasteiger partial charge is 0.324 e. The van der Waals surface area contributed by atoms with Crippen molar-refractivity contribution in [3.8, 4) is 11.8 Å². The normalized spacial score (nSPS) is 16.8. The zero-order chi connectivity index (χ0) is 25.8. The van der Waals surface area contributed by atoms with Crippen molar-refractivity contribution in [3.63, 3.8) is 0 Å². The SMILES string of the molecule is Cc1c(NC(=O)Nc2ccc(N3CCC(N4CCOCC4)CC3)c(C#N)c2)nnn1-c1ccc(Cl)cc1. The minimum atomic E-state index is -0.464. The lowest BCUT2D eigenvalue weighted by molar-refractivity contribution is 0.0115. The van der Waals surface area contributed by atoms with E-state index in [0.29, 0.717) is 33.8 Å². The molecule has 1 aromatic heterocycles. The number of hydrogen-bond acceptors (Lipinski definition) is 7. The minimum absolute atomic E-state index is 0.340. The van der Waals surface area contributed by atoms with Gasteiger partial charge in [-0.2, -0.15) is 5.26 Å². The summed E-state index contributed by atoms with van der Waals surface area (Å²) in [6.45, 7) is 7.21. The fourth-order valence-electron chi connectivity index (χ4n) is 4.94. The molecule has 2 amide bonds. The summed E-state index contributed by atoms with van der Waals surface area (Å²) in [7, 11) is 0. The number of ether oxygens (including phenoxy) is 1. The van der Waals surface area contributed by atoms with Gasteiger partial charge in [0.1, 0.15) is 6.07 Å². The van der Waals surface area contributed by atoms with E-state index < -0.39 is 6.03 Å². The van der Waals surface area contributed by atoms with E-state index in [1.807, 2.05) is 31.2 Å². The number of carbonyl (C=O) groups excluding carboxylic acids is 1. The van der Waals surface area contributed by atoms with Gasteiger partial charge in [-0.25, -0.2) is 9.48 Å². The lowest BCUT2D eigenvalue weighted by Crippen LogP contribution is -2.49. The monoisotopic (exact) mass is 520 g/mol. The molecule has 192 valence electrons. The molecule has 0 spiro atoms. The summed E-state index contributed by atoms with van der Waals surface area (Å²) in [6, 6.07) is 15.0. The molecule has 2 saturated heterocycles. The maximum atomic E-state index is 12.7. The van der Waals surface area contributed by atoms with Crippen LogP contribution in [0.5, 0.6) is 0 Å². The Kier molecular flexibility index (Phi) is 7.55. The van der Waals surface area contributed by atoms with Crippen molar-refractivity contribution in [2.45, 2.75) is 25.8 Å². The van der Waals surface area contributed by atoms with E-state index in [0.717, 1.165) is 63.6 Å². The number of morpholine rings is 1. The molecule has 0 atom stereocenters. The number of rotatable bonds is 5. The van der Waals surface area contributed by atoms with Crippen LogP contribution in [-0.4, -0.2) is 71.4 Å². The highest BCUT2D eigenvalue weighted by Gasteiger charge is 2.27. The predicted octanol–water partition coefficient (Wildman–Crippen LogP) is 4.05. The molecule has 11 heteroatoms. The van der Waals surface area contributed by atoms with Gasteiger partial charge in [-0.3, -0.25) is 10.2 Å². The van der Waals surface area contributed by atoms with Crippen LogP contribution in [0.25, 0.3) is 5.69 Å². The summed E-state index contributed by atoms with van der Waals surface area (Å²) in [5.74, 6) is 0.340. The second kappa shape index (κ2) is 11.2. The van der Waals surface area contributed by atoms with Crippen molar-refractivity contribution >= 4 is 34.8 Å². The number of benzene rings is 2. The third-order valence-electron chi connectivity index (χ3n) is 6.94. The van der Waals surface area contributed by atoms with E-state index >= 15 is 0 Å². The molecule has 3 heterocycles. The van der Waals surface area contributed by atoms with Gasteiger partial charge in [-0.15, -0.1) is 5.10 Å². The van der Waals surface area contributed by atoms with Crippen LogP contribution in [-0.2, 0) is 4.74 Å². The van der Waals surface area contributed by atoms with Crippen LogP contribution in [0, 0.1) is 18.3 Å². The van der Waals surface area contributed by atoms with Crippen molar-refractivity contribution in [2.24, 2.45) is 0 Å². The fraction of sp³-hybridized carbons (Fsp3) is 0.385. The Morgan fingerprint density at radius 1 is 1.08 bits per heavy atom. The Hall–Kier alpha value is -3.65. The minimum Gasteiger partial charge on any atom is -0.379 e. The van der Waals surface area contributed by atoms with E-state index in [-0.39, 0.29) is 0 Å². The van der Waals surface area contributed by atoms with Gasteiger partial charge in [0, 0.05) is 42.9 Å². The first-order valence-corrected chi connectivity index (χ1v) is 12.8. The molecule has 2 N–H and O–H groups in total. The number of aromatic nitrogens is 3. The first-order valence-electron chi connectivity index (χ1n) is 12.4. The van der Waals surface area contributed by atoms with Gasteiger partial charge in [0.05, 0.1) is 35.8 Å². The van der Waals surface area contributed by atoms with E-state index in [2.05, 4.69) is 36.8 Å². The van der Waals surface area contributed by atoms with E-state index in [4.69, 9.17) is 16.3 Å². The highest BCUT2D eigenvalue weighted by Crippen LogP contribution is 2.28. The maximum Gasteiger partial charge on any atom is 0.324 e. The third kappa shape index (κ3) is 5.69. The number of nitrogens with one attached hydrogen (secondary N) is 2. The number of nitrogens with zero attached hydrogens (tertiary/aromatic N) is 6. The van der Waals surface area contributed by atoms with Gasteiger partial charge in [-0.05, 0) is 62.2 Å². The molecular weight excluding hydrogens is 492 g/mol. The first kappa shape index (κ1) is 25.0. The molecule has 0 radical (unpaired) electrons. The van der Waals surface area contributed by atoms with Crippen molar-refractivity contribution in [2.75, 3.05) is 54.9 Å². The summed E-state index contributed by atoms with van der Waals surface area (Å²) in [4.78, 5) is 17.5. The number of carbonyl (C=O) groups is 1. The predicted molar refractivity (Wildman–Crippen MR) is 143 cm³/mol. The number of nitriles is 1. The Morgan fingerprint density at radius 2 is 1.81 bits per heavy atom. The molecule has 2 aliphatic heterocycles. The highest BCUT2D eigenvalue weighted by molar-refractivity contribution is 6.30. The third-order valence-corrected chi connectivity index (χ3v) is 7.19. The summed E-state index contributed by atoms with van der Waals surface area (Å²) in [5.41, 5.74) is 3.42. The van der Waals surface area contributed by atoms with Gasteiger partial charge in [0.25, 0.3) is 0 Å². The van der Waals surface area contributed by atoms with Crippen LogP contribution >= 0.6 is 11.6 Å². The standard InChI is InChI=1S/C26H29ClN8O2/c1-18-25(31-32-35(18)23-5-2-20(27)3-6-23)30-26(36)29-21-4-7-24(19(16-21)17-28)34-10-8-22(9-11-34)33-12-14-37-15-13-33/h2-7,16,22H,8-15H2,1H3,(H2,29,30,36). The molecule has 2 fully saturated rings. The molecule has 2 aromatic carbocycles. The molecule has 0 bridgehead atoms. The molecule has 10 nitrogen and oxygen atoms in total. The van der Waals surface area contributed by atoms with Crippen molar-refractivity contribution in [3.05, 3.63) is 58.7 Å². The Morgan fingerprint density at radius 3 is 2.51 bits per heavy atom. The van der Waals surface area contributed by atoms with Crippen LogP contribution in [0.2, 0.25) is 5.02 Å². The van der Waals surface area contributed by atoms with Crippen LogP contribution in [0.15, 0.2) is 42.5 Å². The molecule has 2 aliphatic rings. The summed E-state index contributed by atoms with van der Waals surface area (Å²) in [5, 5.41) is 24.2. The van der Waals surface area contributed by atoms with Gasteiger partial charge in [-0.1, -0.05) is 16.8 Å². The number of halogens is 1. The van der Waals surface area contributed by atoms with Gasteiger partial charge in [0.2, 0.25) is 0 Å². The average molecular weight is 521 g/mol. The summed E-state index contributed by atoms with van der Waals surface area (Å²) >= 11 is 5.96. The molecule has 3 aromatic rings. The lowest BCUT2D eigenvalue weighted by atomic mass is 10.0. The number of piperidine rings is 1. The number of anilines is 3. The zero-order valence-corrected chi connectivity index (χ0v) is 21.4. The lowest BCUT2D eigenvalue weighted by Gasteiger charge is -2.41. The summed E-state index contributed by atoms with van der Waals surface area (Å²) in [6.07, 6.45) is 2.12. The zero-order valence-electron chi connectivity index (χ0n) is 20.7. The number of amides is 2. The molecule has 5 rings (SSSR count). The van der Waals surface area contributed by atoms with Crippen molar-refractivity contribution in [1.82, 2.24) is 19.9 Å². The van der Waals surface area contributed by atoms with Crippen LogP contribution < -0.4 is 15.5 Å². The highest BCUT2D eigenvalue weighted by atomic mass is 35.5. The van der Waals surface area contributed by atoms with Crippen LogP contribution in [0.4, 0.5) is 22.0 Å². The van der Waals surface area contributed by atoms with Crippen LogP contribution in [0.3, 0.4) is 0 Å². The summed E-state index contributed by atoms with van der Waals surface area (Å²) < 4.78 is 7.10. The molecule has 37 heavy (non-hydrogen) atoms. The maximum absolute atomic E-state index is 12.7. The number of hydrogen-bond donors (Lipinski definition) is 2. The van der Waals surface area contributed by atoms with E-state index in [1.54, 1.807) is 22.9 Å².